The summed E-state index contributed by atoms with van der Waals surface area (Å²) in [6.45, 7) is 0. The summed E-state index contributed by atoms with van der Waals surface area (Å²) in [5, 5.41) is 4.90. The molecule has 0 radical (unpaired) electrons. The summed E-state index contributed by atoms with van der Waals surface area (Å²) in [4.78, 5) is 2.36. The summed E-state index contributed by atoms with van der Waals surface area (Å²) >= 11 is 1.85. The third-order valence-electron chi connectivity index (χ3n) is 11.1. The lowest BCUT2D eigenvalue weighted by Gasteiger charge is -2.26. The topological polar surface area (TPSA) is 16.4 Å². The molecule has 0 aliphatic rings. The molecule has 2 aromatic heterocycles. The minimum Gasteiger partial charge on any atom is -0.456 e. The fourth-order valence-corrected chi connectivity index (χ4v) is 9.58. The zero-order valence-electron chi connectivity index (χ0n) is 31.0. The van der Waals surface area contributed by atoms with E-state index in [0.29, 0.717) is 0 Å². The highest BCUT2D eigenvalue weighted by atomic mass is 32.1. The van der Waals surface area contributed by atoms with Gasteiger partial charge in [0.1, 0.15) is 11.2 Å². The minimum atomic E-state index is 0.901. The molecule has 0 amide bonds. The highest BCUT2D eigenvalue weighted by Gasteiger charge is 2.19. The van der Waals surface area contributed by atoms with Crippen LogP contribution in [0, 0.1) is 0 Å². The van der Waals surface area contributed by atoms with E-state index in [9.17, 15) is 0 Å². The Hall–Kier alpha value is -7.20. The molecule has 0 N–H and O–H groups in total. The summed E-state index contributed by atoms with van der Waals surface area (Å²) < 4.78 is 9.12. The minimum absolute atomic E-state index is 0.901. The Morgan fingerprint density at radius 2 is 0.877 bits per heavy atom. The lowest BCUT2D eigenvalue weighted by Crippen LogP contribution is -2.10. The van der Waals surface area contributed by atoms with Gasteiger partial charge in [-0.25, -0.2) is 0 Å². The molecule has 57 heavy (non-hydrogen) atoms. The van der Waals surface area contributed by atoms with Gasteiger partial charge in [0, 0.05) is 48.0 Å². The predicted octanol–water partition coefficient (Wildman–Crippen LogP) is 16.1. The van der Waals surface area contributed by atoms with Crippen molar-refractivity contribution < 1.29 is 4.42 Å². The molecule has 0 atom stereocenters. The third kappa shape index (κ3) is 5.88. The highest BCUT2D eigenvalue weighted by Crippen LogP contribution is 2.46. The zero-order valence-corrected chi connectivity index (χ0v) is 31.8. The number of anilines is 3. The average Bonchev–Trinajstić information content (AvgIpc) is 3.87. The molecule has 0 bridgehead atoms. The van der Waals surface area contributed by atoms with Crippen LogP contribution in [0.25, 0.3) is 86.6 Å². The van der Waals surface area contributed by atoms with E-state index in [1.165, 1.54) is 58.9 Å². The van der Waals surface area contributed by atoms with Crippen LogP contribution in [0.15, 0.2) is 217 Å². The zero-order chi connectivity index (χ0) is 37.7. The van der Waals surface area contributed by atoms with E-state index in [1.54, 1.807) is 0 Å². The number of benzene rings is 9. The maximum Gasteiger partial charge on any atom is 0.136 e. The Balaban J connectivity index is 1.04. The first-order valence-corrected chi connectivity index (χ1v) is 20.1. The summed E-state index contributed by atoms with van der Waals surface area (Å²) in [6, 6.07) is 76.2. The van der Waals surface area contributed by atoms with Crippen LogP contribution in [-0.4, -0.2) is 0 Å². The van der Waals surface area contributed by atoms with Crippen LogP contribution in [0.5, 0.6) is 0 Å². The van der Waals surface area contributed by atoms with Crippen LogP contribution < -0.4 is 4.90 Å². The van der Waals surface area contributed by atoms with Crippen LogP contribution in [0.3, 0.4) is 0 Å². The largest absolute Gasteiger partial charge is 0.456 e. The van der Waals surface area contributed by atoms with Crippen LogP contribution in [0.2, 0.25) is 0 Å². The number of rotatable bonds is 7. The molecule has 0 fully saturated rings. The second kappa shape index (κ2) is 13.8. The van der Waals surface area contributed by atoms with Crippen molar-refractivity contribution in [3.8, 4) is 44.5 Å². The molecule has 9 aromatic carbocycles. The summed E-state index contributed by atoms with van der Waals surface area (Å²) in [7, 11) is 0. The molecule has 0 saturated carbocycles. The van der Waals surface area contributed by atoms with Crippen molar-refractivity contribution in [3.05, 3.63) is 212 Å². The van der Waals surface area contributed by atoms with Gasteiger partial charge in [0.05, 0.1) is 0 Å². The van der Waals surface area contributed by atoms with Gasteiger partial charge in [-0.1, -0.05) is 146 Å². The normalized spacial score (nSPS) is 11.5. The Bertz CT molecular complexity index is 3210. The van der Waals surface area contributed by atoms with Crippen LogP contribution in [0.1, 0.15) is 0 Å². The number of nitrogens with zero attached hydrogens (tertiary/aromatic N) is 1. The van der Waals surface area contributed by atoms with E-state index in [1.807, 2.05) is 11.3 Å². The molecule has 0 spiro atoms. The Morgan fingerprint density at radius 1 is 0.333 bits per heavy atom. The molecule has 0 saturated heterocycles. The van der Waals surface area contributed by atoms with Crippen molar-refractivity contribution in [2.24, 2.45) is 0 Å². The van der Waals surface area contributed by atoms with Crippen molar-refractivity contribution in [2.45, 2.75) is 0 Å². The molecule has 268 valence electrons. The lowest BCUT2D eigenvalue weighted by molar-refractivity contribution is 0.669. The predicted molar refractivity (Wildman–Crippen MR) is 243 cm³/mol. The quantitative estimate of drug-likeness (QED) is 0.162. The van der Waals surface area contributed by atoms with E-state index in [2.05, 4.69) is 217 Å². The molecule has 2 nitrogen and oxygen atoms in total. The SMILES string of the molecule is c1ccc(-c2ccc(N(c3ccc(-c4cccc(-c5ccccc5)c4)cc3)c3cccc(-c4cccc5oc6ccc7c8ccccc8sc7c6c45)c3)cc2)cc1. The first-order chi connectivity index (χ1) is 28.2. The van der Waals surface area contributed by atoms with Crippen molar-refractivity contribution in [1.82, 2.24) is 0 Å². The molecular weight excluding hydrogens is 711 g/mol. The number of hydrogen-bond donors (Lipinski definition) is 0. The van der Waals surface area contributed by atoms with Gasteiger partial charge in [0.15, 0.2) is 0 Å². The summed E-state index contributed by atoms with van der Waals surface area (Å²) in [5.41, 5.74) is 14.6. The second-order valence-electron chi connectivity index (χ2n) is 14.5. The number of thiophene rings is 1. The molecule has 2 heterocycles. The van der Waals surface area contributed by atoms with Gasteiger partial charge in [-0.15, -0.1) is 11.3 Å². The van der Waals surface area contributed by atoms with Gasteiger partial charge in [-0.05, 0) is 111 Å². The van der Waals surface area contributed by atoms with E-state index < -0.39 is 0 Å². The molecule has 0 aliphatic carbocycles. The third-order valence-corrected chi connectivity index (χ3v) is 12.3. The Kier molecular flexibility index (Phi) is 8.04. The van der Waals surface area contributed by atoms with E-state index >= 15 is 0 Å². The van der Waals surface area contributed by atoms with E-state index in [0.717, 1.165) is 44.7 Å². The molecular formula is C54H35NOS. The maximum absolute atomic E-state index is 6.56. The standard InChI is InChI=1S/C54H35NOS/c1-3-12-36(13-4-1)38-24-28-43(29-25-38)55(44-30-26-39(27-31-44)41-17-9-16-40(34-41)37-14-5-2-6-15-37)45-19-10-18-42(35-45)46-21-11-22-49-52(46)53-50(56-49)33-32-48-47-20-7-8-23-51(47)57-54(48)53/h1-35H. The summed E-state index contributed by atoms with van der Waals surface area (Å²) in [5.74, 6) is 0. The number of furan rings is 1. The average molecular weight is 746 g/mol. The van der Waals surface area contributed by atoms with Crippen molar-refractivity contribution in [2.75, 3.05) is 4.90 Å². The van der Waals surface area contributed by atoms with E-state index in [4.69, 9.17) is 4.42 Å². The van der Waals surface area contributed by atoms with Gasteiger partial charge in [0.2, 0.25) is 0 Å². The van der Waals surface area contributed by atoms with Gasteiger partial charge < -0.3 is 9.32 Å². The fourth-order valence-electron chi connectivity index (χ4n) is 8.33. The van der Waals surface area contributed by atoms with Crippen molar-refractivity contribution in [1.29, 1.82) is 0 Å². The van der Waals surface area contributed by atoms with Gasteiger partial charge in [-0.3, -0.25) is 0 Å². The molecule has 3 heteroatoms. The van der Waals surface area contributed by atoms with Crippen LogP contribution >= 0.6 is 11.3 Å². The molecule has 11 rings (SSSR count). The number of hydrogen-bond acceptors (Lipinski definition) is 3. The Morgan fingerprint density at radius 3 is 1.60 bits per heavy atom. The molecule has 0 aliphatic heterocycles. The smallest absolute Gasteiger partial charge is 0.136 e. The first-order valence-electron chi connectivity index (χ1n) is 19.3. The van der Waals surface area contributed by atoms with Crippen LogP contribution in [0.4, 0.5) is 17.1 Å². The van der Waals surface area contributed by atoms with Gasteiger partial charge in [0.25, 0.3) is 0 Å². The highest BCUT2D eigenvalue weighted by molar-refractivity contribution is 7.26. The van der Waals surface area contributed by atoms with Crippen molar-refractivity contribution >= 4 is 70.5 Å². The molecule has 0 unspecified atom stereocenters. The summed E-state index contributed by atoms with van der Waals surface area (Å²) in [6.07, 6.45) is 0. The number of fused-ring (bicyclic) bond motifs is 7. The van der Waals surface area contributed by atoms with Crippen molar-refractivity contribution in [3.63, 3.8) is 0 Å². The van der Waals surface area contributed by atoms with E-state index in [-0.39, 0.29) is 0 Å². The lowest BCUT2D eigenvalue weighted by atomic mass is 9.97. The second-order valence-corrected chi connectivity index (χ2v) is 15.5. The monoisotopic (exact) mass is 745 g/mol. The van der Waals surface area contributed by atoms with Gasteiger partial charge in [-0.2, -0.15) is 0 Å². The van der Waals surface area contributed by atoms with Crippen LogP contribution in [-0.2, 0) is 0 Å². The molecule has 11 aromatic rings. The Labute approximate surface area is 335 Å². The fraction of sp³-hybridized carbons (Fsp3) is 0. The maximum atomic E-state index is 6.56. The first kappa shape index (κ1) is 33.2. The van der Waals surface area contributed by atoms with Gasteiger partial charge >= 0.3 is 0 Å².